The topological polar surface area (TPSA) is 67.9 Å². The lowest BCUT2D eigenvalue weighted by atomic mass is 9.87. The number of methoxy groups -OCH3 is 1. The van der Waals surface area contributed by atoms with Crippen molar-refractivity contribution >= 4 is 11.8 Å². The number of carbonyl (C=O) groups is 2. The summed E-state index contributed by atoms with van der Waals surface area (Å²) in [5.74, 6) is 0.911. The van der Waals surface area contributed by atoms with Gasteiger partial charge in [-0.3, -0.25) is 9.59 Å². The zero-order chi connectivity index (χ0) is 24.6. The van der Waals surface area contributed by atoms with E-state index in [4.69, 9.17) is 9.47 Å². The lowest BCUT2D eigenvalue weighted by molar-refractivity contribution is -0.143. The quantitative estimate of drug-likeness (QED) is 0.565. The summed E-state index contributed by atoms with van der Waals surface area (Å²) in [7, 11) is 1.60. The molecule has 180 valence electrons. The third-order valence-electron chi connectivity index (χ3n) is 5.39. The second-order valence-corrected chi connectivity index (χ2v) is 9.52. The summed E-state index contributed by atoms with van der Waals surface area (Å²) in [6, 6.07) is 14.7. The first-order valence-corrected chi connectivity index (χ1v) is 11.5. The van der Waals surface area contributed by atoms with E-state index in [1.807, 2.05) is 69.3 Å². The Morgan fingerprint density at radius 2 is 1.70 bits per heavy atom. The third-order valence-corrected chi connectivity index (χ3v) is 5.39. The van der Waals surface area contributed by atoms with E-state index in [0.29, 0.717) is 17.9 Å². The van der Waals surface area contributed by atoms with Gasteiger partial charge in [-0.2, -0.15) is 0 Å². The molecule has 0 aromatic heterocycles. The van der Waals surface area contributed by atoms with Crippen LogP contribution in [0.5, 0.6) is 11.5 Å². The molecule has 0 saturated carbocycles. The molecule has 0 aliphatic carbocycles. The van der Waals surface area contributed by atoms with Gasteiger partial charge in [0.2, 0.25) is 5.91 Å². The largest absolute Gasteiger partial charge is 0.497 e. The summed E-state index contributed by atoms with van der Waals surface area (Å²) in [4.78, 5) is 27.8. The first kappa shape index (κ1) is 26.2. The highest BCUT2D eigenvalue weighted by Gasteiger charge is 2.29. The Morgan fingerprint density at radius 1 is 1.03 bits per heavy atom. The molecule has 0 spiro atoms. The highest BCUT2D eigenvalue weighted by Crippen LogP contribution is 2.24. The van der Waals surface area contributed by atoms with Crippen molar-refractivity contribution in [2.45, 2.75) is 72.0 Å². The smallest absolute Gasteiger partial charge is 0.261 e. The Balaban J connectivity index is 2.21. The van der Waals surface area contributed by atoms with Crippen LogP contribution >= 0.6 is 0 Å². The molecule has 2 amide bonds. The molecule has 2 aromatic rings. The van der Waals surface area contributed by atoms with Crippen LogP contribution in [0.4, 0.5) is 0 Å². The molecule has 0 aliphatic heterocycles. The molecule has 0 unspecified atom stereocenters. The molecule has 0 radical (unpaired) electrons. The first-order valence-electron chi connectivity index (χ1n) is 11.5. The number of nitrogens with zero attached hydrogens (tertiary/aromatic N) is 1. The number of rotatable bonds is 10. The second-order valence-electron chi connectivity index (χ2n) is 9.52. The van der Waals surface area contributed by atoms with E-state index < -0.39 is 6.04 Å². The van der Waals surface area contributed by atoms with Gasteiger partial charge >= 0.3 is 0 Å². The molecule has 1 atom stereocenters. The first-order chi connectivity index (χ1) is 15.5. The fourth-order valence-electron chi connectivity index (χ4n) is 3.55. The lowest BCUT2D eigenvalue weighted by Gasteiger charge is -2.31. The third kappa shape index (κ3) is 7.81. The van der Waals surface area contributed by atoms with E-state index in [1.54, 1.807) is 12.0 Å². The van der Waals surface area contributed by atoms with Crippen LogP contribution in [-0.4, -0.2) is 42.5 Å². The molecule has 33 heavy (non-hydrogen) atoms. The van der Waals surface area contributed by atoms with Gasteiger partial charge in [-0.05, 0) is 61.1 Å². The summed E-state index contributed by atoms with van der Waals surface area (Å²) >= 11 is 0. The van der Waals surface area contributed by atoms with Crippen LogP contribution in [-0.2, 0) is 21.5 Å². The average Bonchev–Trinajstić information content (AvgIpc) is 2.76. The normalized spacial score (nSPS) is 12.2. The predicted octanol–water partition coefficient (Wildman–Crippen LogP) is 4.70. The van der Waals surface area contributed by atoms with Crippen molar-refractivity contribution in [3.05, 3.63) is 59.7 Å². The van der Waals surface area contributed by atoms with Gasteiger partial charge < -0.3 is 19.7 Å². The molecule has 0 bridgehead atoms. The number of hydrogen-bond donors (Lipinski definition) is 1. The highest BCUT2D eigenvalue weighted by molar-refractivity contribution is 5.88. The molecular weight excluding hydrogens is 416 g/mol. The Hall–Kier alpha value is -3.02. The molecule has 1 N–H and O–H groups in total. The fraction of sp³-hybridized carbons (Fsp3) is 0.481. The van der Waals surface area contributed by atoms with Crippen LogP contribution in [0.25, 0.3) is 0 Å². The van der Waals surface area contributed by atoms with E-state index in [1.165, 1.54) is 5.56 Å². The van der Waals surface area contributed by atoms with Crippen molar-refractivity contribution in [1.29, 1.82) is 0 Å². The maximum Gasteiger partial charge on any atom is 0.261 e. The van der Waals surface area contributed by atoms with Crippen molar-refractivity contribution in [3.63, 3.8) is 0 Å². The van der Waals surface area contributed by atoms with Crippen LogP contribution < -0.4 is 14.8 Å². The fourth-order valence-corrected chi connectivity index (χ4v) is 3.55. The average molecular weight is 455 g/mol. The summed E-state index contributed by atoms with van der Waals surface area (Å²) < 4.78 is 11.1. The number of benzene rings is 2. The maximum absolute atomic E-state index is 13.3. The molecule has 0 aliphatic rings. The summed E-state index contributed by atoms with van der Waals surface area (Å²) in [5, 5.41) is 2.93. The zero-order valence-electron chi connectivity index (χ0n) is 21.0. The van der Waals surface area contributed by atoms with Crippen LogP contribution in [0, 0.1) is 0 Å². The SMILES string of the molecule is CC[C@H](C(=O)NC(C)C)N(Cc1cccc(OC)c1)C(=O)COc1ccc(C(C)(C)C)cc1. The minimum absolute atomic E-state index is 0.0158. The summed E-state index contributed by atoms with van der Waals surface area (Å²) in [5.41, 5.74) is 2.12. The number of ether oxygens (including phenoxy) is 2. The second kappa shape index (κ2) is 11.7. The maximum atomic E-state index is 13.3. The minimum atomic E-state index is -0.599. The molecule has 6 nitrogen and oxygen atoms in total. The van der Waals surface area contributed by atoms with E-state index in [9.17, 15) is 9.59 Å². The molecule has 0 fully saturated rings. The predicted molar refractivity (Wildman–Crippen MR) is 132 cm³/mol. The van der Waals surface area contributed by atoms with Gasteiger partial charge in [0.05, 0.1) is 7.11 Å². The molecule has 2 aromatic carbocycles. The molecule has 0 saturated heterocycles. The van der Waals surface area contributed by atoms with E-state index >= 15 is 0 Å². The van der Waals surface area contributed by atoms with Gasteiger partial charge in [0, 0.05) is 12.6 Å². The van der Waals surface area contributed by atoms with Crippen LogP contribution in [0.1, 0.15) is 59.1 Å². The Bertz CT molecular complexity index is 916. The Labute approximate surface area is 198 Å². The monoisotopic (exact) mass is 454 g/mol. The van der Waals surface area contributed by atoms with Crippen molar-refractivity contribution in [3.8, 4) is 11.5 Å². The standard InChI is InChI=1S/C27H38N2O4/c1-8-24(26(31)28-19(2)3)29(17-20-10-9-11-23(16-20)32-7)25(30)18-33-22-14-12-21(13-15-22)27(4,5)6/h9-16,19,24H,8,17-18H2,1-7H3,(H,28,31)/t24-/m1/s1. The Morgan fingerprint density at radius 3 is 2.24 bits per heavy atom. The molecule has 0 heterocycles. The Kier molecular flexibility index (Phi) is 9.32. The van der Waals surface area contributed by atoms with Crippen molar-refractivity contribution in [1.82, 2.24) is 10.2 Å². The molecular formula is C27H38N2O4. The van der Waals surface area contributed by atoms with Crippen molar-refractivity contribution < 1.29 is 19.1 Å². The minimum Gasteiger partial charge on any atom is -0.497 e. The van der Waals surface area contributed by atoms with E-state index in [2.05, 4.69) is 26.1 Å². The number of amides is 2. The summed E-state index contributed by atoms with van der Waals surface area (Å²) in [6.45, 7) is 12.3. The van der Waals surface area contributed by atoms with Crippen molar-refractivity contribution in [2.24, 2.45) is 0 Å². The number of nitrogens with one attached hydrogen (secondary N) is 1. The van der Waals surface area contributed by atoms with Gasteiger partial charge in [-0.25, -0.2) is 0 Å². The number of carbonyl (C=O) groups excluding carboxylic acids is 2. The molecule has 6 heteroatoms. The summed E-state index contributed by atoms with van der Waals surface area (Å²) in [6.07, 6.45) is 0.495. The highest BCUT2D eigenvalue weighted by atomic mass is 16.5. The van der Waals surface area contributed by atoms with Gasteiger partial charge in [-0.1, -0.05) is 52.0 Å². The van der Waals surface area contributed by atoms with Crippen LogP contribution in [0.2, 0.25) is 0 Å². The van der Waals surface area contributed by atoms with Crippen LogP contribution in [0.3, 0.4) is 0 Å². The molecule has 2 rings (SSSR count). The van der Waals surface area contributed by atoms with Gasteiger partial charge in [-0.15, -0.1) is 0 Å². The van der Waals surface area contributed by atoms with Gasteiger partial charge in [0.25, 0.3) is 5.91 Å². The van der Waals surface area contributed by atoms with Gasteiger partial charge in [0.15, 0.2) is 6.61 Å². The van der Waals surface area contributed by atoms with Crippen molar-refractivity contribution in [2.75, 3.05) is 13.7 Å². The number of hydrogen-bond acceptors (Lipinski definition) is 4. The van der Waals surface area contributed by atoms with Gasteiger partial charge in [0.1, 0.15) is 17.5 Å². The van der Waals surface area contributed by atoms with Crippen LogP contribution in [0.15, 0.2) is 48.5 Å². The zero-order valence-corrected chi connectivity index (χ0v) is 21.0. The van der Waals surface area contributed by atoms with E-state index in [0.717, 1.165) is 5.56 Å². The lowest BCUT2D eigenvalue weighted by Crippen LogP contribution is -2.51. The van der Waals surface area contributed by atoms with E-state index in [-0.39, 0.29) is 36.4 Å².